The minimum atomic E-state index is -3.56. The van der Waals surface area contributed by atoms with E-state index in [0.717, 1.165) is 12.8 Å². The van der Waals surface area contributed by atoms with E-state index in [4.69, 9.17) is 4.74 Å². The molecule has 2 rings (SSSR count). The number of amides is 1. The van der Waals surface area contributed by atoms with E-state index in [2.05, 4.69) is 11.4 Å². The van der Waals surface area contributed by atoms with Gasteiger partial charge in [-0.1, -0.05) is 13.8 Å². The molecule has 1 amide bonds. The molecular weight excluding hydrogens is 394 g/mol. The van der Waals surface area contributed by atoms with E-state index >= 15 is 0 Å². The third-order valence-electron chi connectivity index (χ3n) is 5.22. The Morgan fingerprint density at radius 3 is 2.21 bits per heavy atom. The van der Waals surface area contributed by atoms with E-state index in [1.165, 1.54) is 35.5 Å². The van der Waals surface area contributed by atoms with Gasteiger partial charge in [-0.05, 0) is 56.9 Å². The normalized spacial score (nSPS) is 17.9. The Morgan fingerprint density at radius 1 is 1.17 bits per heavy atom. The van der Waals surface area contributed by atoms with Crippen LogP contribution >= 0.6 is 0 Å². The molecule has 9 heteroatoms. The Bertz CT molecular complexity index is 899. The van der Waals surface area contributed by atoms with E-state index in [1.807, 2.05) is 0 Å². The lowest BCUT2D eigenvalue weighted by Gasteiger charge is -2.28. The first-order valence-corrected chi connectivity index (χ1v) is 11.0. The molecule has 0 unspecified atom stereocenters. The maximum absolute atomic E-state index is 12.5. The van der Waals surface area contributed by atoms with Crippen LogP contribution in [0.2, 0.25) is 0 Å². The van der Waals surface area contributed by atoms with Gasteiger partial charge in [0.05, 0.1) is 16.5 Å². The molecule has 158 valence electrons. The number of esters is 1. The van der Waals surface area contributed by atoms with Gasteiger partial charge in [0, 0.05) is 13.1 Å². The smallest absolute Gasteiger partial charge is 0.338 e. The summed E-state index contributed by atoms with van der Waals surface area (Å²) < 4.78 is 31.7. The van der Waals surface area contributed by atoms with Gasteiger partial charge in [0.1, 0.15) is 5.54 Å². The molecule has 29 heavy (non-hydrogen) atoms. The zero-order chi connectivity index (χ0) is 21.8. The van der Waals surface area contributed by atoms with Gasteiger partial charge in [0.25, 0.3) is 5.91 Å². The predicted octanol–water partition coefficient (Wildman–Crippen LogP) is 2.07. The number of nitriles is 1. The Balaban J connectivity index is 2.03. The third kappa shape index (κ3) is 5.14. The monoisotopic (exact) mass is 421 g/mol. The van der Waals surface area contributed by atoms with E-state index in [1.54, 1.807) is 20.8 Å². The first kappa shape index (κ1) is 22.8. The van der Waals surface area contributed by atoms with Crippen LogP contribution in [-0.2, 0) is 19.6 Å². The van der Waals surface area contributed by atoms with E-state index in [-0.39, 0.29) is 16.4 Å². The first-order valence-electron chi connectivity index (χ1n) is 9.55. The van der Waals surface area contributed by atoms with E-state index in [0.29, 0.717) is 13.1 Å². The number of nitrogens with one attached hydrogen (secondary N) is 1. The highest BCUT2D eigenvalue weighted by Crippen LogP contribution is 2.21. The molecule has 0 bridgehead atoms. The van der Waals surface area contributed by atoms with Gasteiger partial charge in [-0.3, -0.25) is 4.79 Å². The summed E-state index contributed by atoms with van der Waals surface area (Å²) >= 11 is 0. The molecule has 0 radical (unpaired) electrons. The van der Waals surface area contributed by atoms with Crippen LogP contribution in [0.25, 0.3) is 0 Å². The van der Waals surface area contributed by atoms with Crippen molar-refractivity contribution in [3.05, 3.63) is 29.8 Å². The van der Waals surface area contributed by atoms with E-state index < -0.39 is 33.5 Å². The number of sulfonamides is 1. The molecule has 1 N–H and O–H groups in total. The average molecular weight is 422 g/mol. The van der Waals surface area contributed by atoms with Crippen LogP contribution in [0.1, 0.15) is 50.9 Å². The predicted molar refractivity (Wildman–Crippen MR) is 106 cm³/mol. The molecular formula is C20H27N3O5S. The molecule has 0 saturated carbocycles. The lowest BCUT2D eigenvalue weighted by Crippen LogP contribution is -2.52. The number of hydrogen-bond donors (Lipinski definition) is 1. The summed E-state index contributed by atoms with van der Waals surface area (Å²) in [6.07, 6.45) is 0.568. The number of carbonyl (C=O) groups is 2. The zero-order valence-corrected chi connectivity index (χ0v) is 18.0. The van der Waals surface area contributed by atoms with Gasteiger partial charge in [0.15, 0.2) is 6.10 Å². The van der Waals surface area contributed by atoms with Gasteiger partial charge in [0.2, 0.25) is 10.0 Å². The summed E-state index contributed by atoms with van der Waals surface area (Å²) in [4.78, 5) is 24.7. The highest BCUT2D eigenvalue weighted by Gasteiger charge is 2.33. The second-order valence-electron chi connectivity index (χ2n) is 7.64. The van der Waals surface area contributed by atoms with Crippen LogP contribution < -0.4 is 5.32 Å². The van der Waals surface area contributed by atoms with Gasteiger partial charge < -0.3 is 10.1 Å². The number of nitrogens with zero attached hydrogens (tertiary/aromatic N) is 2. The largest absolute Gasteiger partial charge is 0.449 e. The first-order chi connectivity index (χ1) is 13.5. The van der Waals surface area contributed by atoms with Crippen molar-refractivity contribution in [3.8, 4) is 6.07 Å². The zero-order valence-electron chi connectivity index (χ0n) is 17.1. The van der Waals surface area contributed by atoms with Crippen LogP contribution in [0.3, 0.4) is 0 Å². The van der Waals surface area contributed by atoms with Crippen molar-refractivity contribution in [3.63, 3.8) is 0 Å². The fourth-order valence-electron chi connectivity index (χ4n) is 2.78. The van der Waals surface area contributed by atoms with Gasteiger partial charge in [-0.25, -0.2) is 13.2 Å². The van der Waals surface area contributed by atoms with Gasteiger partial charge >= 0.3 is 5.97 Å². The summed E-state index contributed by atoms with van der Waals surface area (Å²) in [7, 11) is -3.56. The highest BCUT2D eigenvalue weighted by atomic mass is 32.2. The number of hydrogen-bond acceptors (Lipinski definition) is 6. The van der Waals surface area contributed by atoms with Crippen LogP contribution in [-0.4, -0.2) is 49.3 Å². The molecule has 0 spiro atoms. The summed E-state index contributed by atoms with van der Waals surface area (Å²) in [5.74, 6) is -1.46. The summed E-state index contributed by atoms with van der Waals surface area (Å²) in [6, 6.07) is 7.51. The van der Waals surface area contributed by atoms with Crippen molar-refractivity contribution in [2.75, 3.05) is 13.1 Å². The lowest BCUT2D eigenvalue weighted by molar-refractivity contribution is -0.130. The molecule has 1 saturated heterocycles. The topological polar surface area (TPSA) is 117 Å². The van der Waals surface area contributed by atoms with Crippen molar-refractivity contribution in [1.29, 1.82) is 5.26 Å². The van der Waals surface area contributed by atoms with Crippen LogP contribution in [0.5, 0.6) is 0 Å². The van der Waals surface area contributed by atoms with Crippen molar-refractivity contribution in [2.45, 2.75) is 57.1 Å². The Kier molecular flexibility index (Phi) is 7.03. The van der Waals surface area contributed by atoms with E-state index in [9.17, 15) is 23.3 Å². The average Bonchev–Trinajstić information content (AvgIpc) is 3.23. The molecule has 0 aliphatic carbocycles. The number of ether oxygens (including phenoxy) is 1. The van der Waals surface area contributed by atoms with Crippen molar-refractivity contribution in [2.24, 2.45) is 5.92 Å². The Morgan fingerprint density at radius 2 is 1.72 bits per heavy atom. The van der Waals surface area contributed by atoms with Gasteiger partial charge in [-0.2, -0.15) is 9.57 Å². The third-order valence-corrected chi connectivity index (χ3v) is 7.13. The summed E-state index contributed by atoms with van der Waals surface area (Å²) in [5.41, 5.74) is -0.944. The fourth-order valence-corrected chi connectivity index (χ4v) is 4.30. The lowest BCUT2D eigenvalue weighted by atomic mass is 9.90. The van der Waals surface area contributed by atoms with Crippen molar-refractivity contribution in [1.82, 2.24) is 9.62 Å². The number of rotatable bonds is 7. The number of benzene rings is 1. The van der Waals surface area contributed by atoms with Crippen LogP contribution in [0.4, 0.5) is 0 Å². The number of carbonyl (C=O) groups excluding carboxylic acids is 2. The summed E-state index contributed by atoms with van der Waals surface area (Å²) in [5, 5.41) is 11.9. The molecule has 1 aromatic rings. The second kappa shape index (κ2) is 8.93. The molecule has 1 heterocycles. The Hall–Kier alpha value is -2.44. The van der Waals surface area contributed by atoms with Crippen LogP contribution in [0, 0.1) is 17.2 Å². The second-order valence-corrected chi connectivity index (χ2v) is 9.58. The molecule has 2 atom stereocenters. The Labute approximate surface area is 171 Å². The SMILES string of the molecule is CC(C)[C@](C)(C#N)NC(=O)[C@H](C)OC(=O)c1ccc(S(=O)(=O)N2CCCC2)cc1. The fraction of sp³-hybridized carbons (Fsp3) is 0.550. The van der Waals surface area contributed by atoms with Gasteiger partial charge in [-0.15, -0.1) is 0 Å². The quantitative estimate of drug-likeness (QED) is 0.674. The molecule has 1 aliphatic heterocycles. The highest BCUT2D eigenvalue weighted by molar-refractivity contribution is 7.89. The summed E-state index contributed by atoms with van der Waals surface area (Å²) in [6.45, 7) is 7.62. The minimum Gasteiger partial charge on any atom is -0.449 e. The maximum Gasteiger partial charge on any atom is 0.338 e. The van der Waals surface area contributed by atoms with Crippen molar-refractivity contribution >= 4 is 21.9 Å². The van der Waals surface area contributed by atoms with Crippen molar-refractivity contribution < 1.29 is 22.7 Å². The molecule has 0 aromatic heterocycles. The molecule has 1 aromatic carbocycles. The maximum atomic E-state index is 12.5. The van der Waals surface area contributed by atoms with Crippen LogP contribution in [0.15, 0.2) is 29.2 Å². The molecule has 1 aliphatic rings. The molecule has 8 nitrogen and oxygen atoms in total. The molecule has 1 fully saturated rings. The standard InChI is InChI=1S/C20H27N3O5S/c1-14(2)20(4,13-21)22-18(24)15(3)28-19(25)16-7-9-17(10-8-16)29(26,27)23-11-5-6-12-23/h7-10,14-15H,5-6,11-12H2,1-4H3,(H,22,24)/t15-,20-/m0/s1. The minimum absolute atomic E-state index is 0.114.